The van der Waals surface area contributed by atoms with E-state index in [2.05, 4.69) is 14.7 Å². The number of ether oxygens (including phenoxy) is 1. The van der Waals surface area contributed by atoms with Gasteiger partial charge in [-0.3, -0.25) is 4.79 Å². The van der Waals surface area contributed by atoms with E-state index < -0.39 is 0 Å². The Kier molecular flexibility index (Phi) is 4.69. The largest absolute Gasteiger partial charge is 0.469 e. The van der Waals surface area contributed by atoms with Gasteiger partial charge < -0.3 is 9.64 Å². The molecule has 17 heavy (non-hydrogen) atoms. The van der Waals surface area contributed by atoms with Gasteiger partial charge in [0.05, 0.1) is 13.0 Å². The number of hydrogen-bond donors (Lipinski definition) is 0. The van der Waals surface area contributed by atoms with Gasteiger partial charge in [0.25, 0.3) is 0 Å². The van der Waals surface area contributed by atoms with Crippen molar-refractivity contribution >= 4 is 23.4 Å². The number of anilines is 1. The molecule has 1 heterocycles. The van der Waals surface area contributed by atoms with Crippen LogP contribution in [0.1, 0.15) is 12.7 Å². The van der Waals surface area contributed by atoms with E-state index in [1.165, 1.54) is 7.11 Å². The minimum Gasteiger partial charge on any atom is -0.469 e. The molecule has 0 aliphatic rings. The molecule has 0 aromatic carbocycles. The van der Waals surface area contributed by atoms with Crippen LogP contribution in [0.25, 0.3) is 0 Å². The smallest absolute Gasteiger partial charge is 0.310 e. The van der Waals surface area contributed by atoms with Crippen molar-refractivity contribution in [3.8, 4) is 0 Å². The van der Waals surface area contributed by atoms with Gasteiger partial charge in [0.1, 0.15) is 16.8 Å². The summed E-state index contributed by atoms with van der Waals surface area (Å²) < 4.78 is 4.67. The molecule has 1 unspecified atom stereocenters. The summed E-state index contributed by atoms with van der Waals surface area (Å²) in [6.45, 7) is 4.09. The van der Waals surface area contributed by atoms with E-state index in [1.54, 1.807) is 19.9 Å². The SMILES string of the molecule is COC(=O)C(C)CN(C)c1cc(Cl)nc(C)n1. The highest BCUT2D eigenvalue weighted by Gasteiger charge is 2.16. The summed E-state index contributed by atoms with van der Waals surface area (Å²) >= 11 is 5.85. The van der Waals surface area contributed by atoms with Gasteiger partial charge in [-0.05, 0) is 6.92 Å². The summed E-state index contributed by atoms with van der Waals surface area (Å²) in [5.41, 5.74) is 0. The molecule has 0 fully saturated rings. The van der Waals surface area contributed by atoms with Crippen molar-refractivity contribution in [1.82, 2.24) is 9.97 Å². The maximum atomic E-state index is 11.3. The lowest BCUT2D eigenvalue weighted by atomic mass is 10.2. The van der Waals surface area contributed by atoms with Crippen LogP contribution in [0.2, 0.25) is 5.15 Å². The van der Waals surface area contributed by atoms with Gasteiger partial charge in [0.15, 0.2) is 0 Å². The van der Waals surface area contributed by atoms with Crippen molar-refractivity contribution in [2.45, 2.75) is 13.8 Å². The van der Waals surface area contributed by atoms with Crippen LogP contribution in [-0.2, 0) is 9.53 Å². The number of halogens is 1. The van der Waals surface area contributed by atoms with Crippen LogP contribution in [-0.4, -0.2) is 36.6 Å². The van der Waals surface area contributed by atoms with Crippen molar-refractivity contribution in [3.05, 3.63) is 17.0 Å². The zero-order valence-electron chi connectivity index (χ0n) is 10.4. The molecule has 0 saturated heterocycles. The van der Waals surface area contributed by atoms with Gasteiger partial charge in [0, 0.05) is 19.7 Å². The van der Waals surface area contributed by atoms with Gasteiger partial charge in [0.2, 0.25) is 0 Å². The Morgan fingerprint density at radius 2 is 2.24 bits per heavy atom. The number of hydrogen-bond acceptors (Lipinski definition) is 5. The van der Waals surface area contributed by atoms with E-state index in [1.807, 2.05) is 11.9 Å². The van der Waals surface area contributed by atoms with Crippen molar-refractivity contribution in [1.29, 1.82) is 0 Å². The minimum atomic E-state index is -0.242. The zero-order valence-corrected chi connectivity index (χ0v) is 11.2. The molecule has 94 valence electrons. The molecule has 5 nitrogen and oxygen atoms in total. The number of aromatic nitrogens is 2. The van der Waals surface area contributed by atoms with Crippen LogP contribution in [0, 0.1) is 12.8 Å². The molecule has 1 atom stereocenters. The monoisotopic (exact) mass is 257 g/mol. The summed E-state index contributed by atoms with van der Waals surface area (Å²) in [4.78, 5) is 21.4. The number of nitrogens with zero attached hydrogens (tertiary/aromatic N) is 3. The Balaban J connectivity index is 2.75. The third-order valence-corrected chi connectivity index (χ3v) is 2.53. The third-order valence-electron chi connectivity index (χ3n) is 2.34. The summed E-state index contributed by atoms with van der Waals surface area (Å²) in [6.07, 6.45) is 0. The summed E-state index contributed by atoms with van der Waals surface area (Å²) in [7, 11) is 3.22. The molecule has 0 N–H and O–H groups in total. The van der Waals surface area contributed by atoms with Gasteiger partial charge >= 0.3 is 5.97 Å². The minimum absolute atomic E-state index is 0.223. The fourth-order valence-electron chi connectivity index (χ4n) is 1.49. The number of aryl methyl sites for hydroxylation is 1. The summed E-state index contributed by atoms with van der Waals surface area (Å²) in [6, 6.07) is 1.67. The van der Waals surface area contributed by atoms with E-state index in [9.17, 15) is 4.79 Å². The normalized spacial score (nSPS) is 12.1. The van der Waals surface area contributed by atoms with Gasteiger partial charge in [-0.25, -0.2) is 9.97 Å². The third kappa shape index (κ3) is 3.85. The van der Waals surface area contributed by atoms with Crippen molar-refractivity contribution in [2.75, 3.05) is 25.6 Å². The standard InChI is InChI=1S/C11H16ClN3O2/c1-7(11(16)17-4)6-15(3)10-5-9(12)13-8(2)14-10/h5,7H,6H2,1-4H3. The molecule has 0 radical (unpaired) electrons. The Morgan fingerprint density at radius 1 is 1.59 bits per heavy atom. The van der Waals surface area contributed by atoms with E-state index in [0.717, 1.165) is 0 Å². The van der Waals surface area contributed by atoms with Gasteiger partial charge in [-0.1, -0.05) is 18.5 Å². The van der Waals surface area contributed by atoms with E-state index in [0.29, 0.717) is 23.3 Å². The lowest BCUT2D eigenvalue weighted by Gasteiger charge is -2.21. The first kappa shape index (κ1) is 13.7. The highest BCUT2D eigenvalue weighted by molar-refractivity contribution is 6.29. The first-order chi connectivity index (χ1) is 7.93. The van der Waals surface area contributed by atoms with E-state index in [-0.39, 0.29) is 11.9 Å². The average Bonchev–Trinajstić information content (AvgIpc) is 2.26. The van der Waals surface area contributed by atoms with Crippen molar-refractivity contribution < 1.29 is 9.53 Å². The molecule has 0 amide bonds. The van der Waals surface area contributed by atoms with Crippen molar-refractivity contribution in [3.63, 3.8) is 0 Å². The molecule has 1 aromatic rings. The van der Waals surface area contributed by atoms with Gasteiger partial charge in [-0.2, -0.15) is 0 Å². The molecule has 6 heteroatoms. The van der Waals surface area contributed by atoms with Gasteiger partial charge in [-0.15, -0.1) is 0 Å². The molecular weight excluding hydrogens is 242 g/mol. The van der Waals surface area contributed by atoms with Crippen LogP contribution in [0.15, 0.2) is 6.07 Å². The van der Waals surface area contributed by atoms with Crippen LogP contribution >= 0.6 is 11.6 Å². The number of carbonyl (C=O) groups is 1. The maximum absolute atomic E-state index is 11.3. The Hall–Kier alpha value is -1.36. The number of rotatable bonds is 4. The van der Waals surface area contributed by atoms with Crippen LogP contribution in [0.4, 0.5) is 5.82 Å². The highest BCUT2D eigenvalue weighted by atomic mass is 35.5. The topological polar surface area (TPSA) is 55.3 Å². The lowest BCUT2D eigenvalue weighted by Crippen LogP contribution is -2.30. The second-order valence-electron chi connectivity index (χ2n) is 3.90. The summed E-state index contributed by atoms with van der Waals surface area (Å²) in [5.74, 6) is 0.830. The number of esters is 1. The molecule has 0 saturated carbocycles. The number of methoxy groups -OCH3 is 1. The molecule has 0 bridgehead atoms. The lowest BCUT2D eigenvalue weighted by molar-refractivity contribution is -0.144. The second-order valence-corrected chi connectivity index (χ2v) is 4.29. The Bertz CT molecular complexity index is 391. The molecular formula is C11H16ClN3O2. The molecule has 0 aliphatic carbocycles. The fourth-order valence-corrected chi connectivity index (χ4v) is 1.71. The van der Waals surface area contributed by atoms with Crippen molar-refractivity contribution in [2.24, 2.45) is 5.92 Å². The van der Waals surface area contributed by atoms with Crippen LogP contribution in [0.5, 0.6) is 0 Å². The average molecular weight is 258 g/mol. The predicted molar refractivity (Wildman–Crippen MR) is 66.2 cm³/mol. The molecule has 0 aliphatic heterocycles. The van der Waals surface area contributed by atoms with E-state index >= 15 is 0 Å². The van der Waals surface area contributed by atoms with Crippen LogP contribution < -0.4 is 4.90 Å². The molecule has 1 rings (SSSR count). The Labute approximate surface area is 106 Å². The first-order valence-electron chi connectivity index (χ1n) is 5.24. The zero-order chi connectivity index (χ0) is 13.0. The highest BCUT2D eigenvalue weighted by Crippen LogP contribution is 2.16. The molecule has 1 aromatic heterocycles. The first-order valence-corrected chi connectivity index (χ1v) is 5.62. The molecule has 0 spiro atoms. The van der Waals surface area contributed by atoms with E-state index in [4.69, 9.17) is 11.6 Å². The fraction of sp³-hybridized carbons (Fsp3) is 0.545. The maximum Gasteiger partial charge on any atom is 0.310 e. The number of carbonyl (C=O) groups excluding carboxylic acids is 1. The summed E-state index contributed by atoms with van der Waals surface area (Å²) in [5, 5.41) is 0.394. The van der Waals surface area contributed by atoms with Crippen LogP contribution in [0.3, 0.4) is 0 Å². The Morgan fingerprint density at radius 3 is 2.76 bits per heavy atom. The second kappa shape index (κ2) is 5.82. The predicted octanol–water partition coefficient (Wildman–Crippen LogP) is 1.68. The quantitative estimate of drug-likeness (QED) is 0.607.